The third kappa shape index (κ3) is 6.70. The van der Waals surface area contributed by atoms with Gasteiger partial charge >= 0.3 is 0 Å². The van der Waals surface area contributed by atoms with Gasteiger partial charge in [0.1, 0.15) is 0 Å². The Morgan fingerprint density at radius 2 is 1.31 bits per heavy atom. The smallest absolute Gasteiger partial charge is 0.0175 e. The summed E-state index contributed by atoms with van der Waals surface area (Å²) in [5.41, 5.74) is 1.46. The van der Waals surface area contributed by atoms with E-state index < -0.39 is 0 Å². The molecule has 0 fully saturated rings. The summed E-state index contributed by atoms with van der Waals surface area (Å²) >= 11 is 6.92. The molecule has 16 heavy (non-hydrogen) atoms. The molecule has 1 aromatic carbocycles. The quantitative estimate of drug-likeness (QED) is 0.416. The second kappa shape index (κ2) is 9.23. The van der Waals surface area contributed by atoms with Gasteiger partial charge in [0.2, 0.25) is 0 Å². The van der Waals surface area contributed by atoms with Gasteiger partial charge in [-0.05, 0) is 37.0 Å². The molecule has 1 rings (SSSR count). The molecule has 0 atom stereocenters. The van der Waals surface area contributed by atoms with E-state index in [1.165, 1.54) is 55.0 Å². The van der Waals surface area contributed by atoms with E-state index in [2.05, 4.69) is 56.1 Å². The zero-order valence-electron chi connectivity index (χ0n) is 9.72. The molecular formula is C14H20Br2. The maximum atomic E-state index is 3.46. The summed E-state index contributed by atoms with van der Waals surface area (Å²) in [4.78, 5) is 0. The van der Waals surface area contributed by atoms with Gasteiger partial charge in [0, 0.05) is 9.80 Å². The molecule has 0 spiro atoms. The van der Waals surface area contributed by atoms with Gasteiger partial charge in [-0.3, -0.25) is 0 Å². The van der Waals surface area contributed by atoms with E-state index in [1.54, 1.807) is 0 Å². The van der Waals surface area contributed by atoms with Gasteiger partial charge in [-0.2, -0.15) is 0 Å². The summed E-state index contributed by atoms with van der Waals surface area (Å²) in [5, 5.41) is 1.16. The van der Waals surface area contributed by atoms with Crippen molar-refractivity contribution in [2.75, 3.05) is 5.33 Å². The first-order valence-electron chi connectivity index (χ1n) is 6.13. The third-order valence-electron chi connectivity index (χ3n) is 2.76. The molecule has 0 aliphatic rings. The van der Waals surface area contributed by atoms with Crippen molar-refractivity contribution in [1.29, 1.82) is 0 Å². The predicted molar refractivity (Wildman–Crippen MR) is 79.3 cm³/mol. The second-order valence-electron chi connectivity index (χ2n) is 4.19. The Kier molecular flexibility index (Phi) is 8.22. The van der Waals surface area contributed by atoms with Gasteiger partial charge in [-0.1, -0.05) is 69.7 Å². The van der Waals surface area contributed by atoms with Crippen molar-refractivity contribution in [3.63, 3.8) is 0 Å². The normalized spacial score (nSPS) is 10.6. The molecule has 0 aliphatic carbocycles. The highest BCUT2D eigenvalue weighted by Gasteiger charge is 1.94. The van der Waals surface area contributed by atoms with Crippen LogP contribution in [-0.2, 0) is 6.42 Å². The molecule has 0 nitrogen and oxygen atoms in total. The fourth-order valence-electron chi connectivity index (χ4n) is 1.78. The van der Waals surface area contributed by atoms with Crippen molar-refractivity contribution < 1.29 is 0 Å². The lowest BCUT2D eigenvalue weighted by atomic mass is 10.1. The lowest BCUT2D eigenvalue weighted by Crippen LogP contribution is -1.86. The van der Waals surface area contributed by atoms with Crippen LogP contribution in [-0.4, -0.2) is 5.33 Å². The average molecular weight is 348 g/mol. The van der Waals surface area contributed by atoms with Crippen molar-refractivity contribution in [2.24, 2.45) is 0 Å². The van der Waals surface area contributed by atoms with Gasteiger partial charge < -0.3 is 0 Å². The number of benzene rings is 1. The first kappa shape index (κ1) is 14.2. The minimum Gasteiger partial charge on any atom is -0.0928 e. The minimum absolute atomic E-state index is 1.16. The van der Waals surface area contributed by atoms with E-state index in [0.29, 0.717) is 0 Å². The summed E-state index contributed by atoms with van der Waals surface area (Å²) in [7, 11) is 0. The van der Waals surface area contributed by atoms with Crippen LogP contribution in [0, 0.1) is 0 Å². The zero-order valence-corrected chi connectivity index (χ0v) is 12.9. The van der Waals surface area contributed by atoms with Gasteiger partial charge in [-0.15, -0.1) is 0 Å². The molecule has 0 unspecified atom stereocenters. The van der Waals surface area contributed by atoms with Crippen LogP contribution < -0.4 is 0 Å². The van der Waals surface area contributed by atoms with Crippen LogP contribution in [0.15, 0.2) is 28.7 Å². The molecule has 0 aliphatic heterocycles. The number of hydrogen-bond acceptors (Lipinski definition) is 0. The zero-order chi connectivity index (χ0) is 11.6. The van der Waals surface area contributed by atoms with E-state index in [0.717, 1.165) is 5.33 Å². The number of hydrogen-bond donors (Lipinski definition) is 0. The highest BCUT2D eigenvalue weighted by Crippen LogP contribution is 2.13. The fourth-order valence-corrected chi connectivity index (χ4v) is 2.44. The van der Waals surface area contributed by atoms with Crippen LogP contribution >= 0.6 is 31.9 Å². The number of halogens is 2. The van der Waals surface area contributed by atoms with Crippen molar-refractivity contribution >= 4 is 31.9 Å². The molecule has 0 radical (unpaired) electrons. The number of alkyl halides is 1. The highest BCUT2D eigenvalue weighted by atomic mass is 79.9. The molecule has 0 saturated carbocycles. The van der Waals surface area contributed by atoms with E-state index in [1.807, 2.05) is 0 Å². The molecular weight excluding hydrogens is 328 g/mol. The SMILES string of the molecule is BrCCCCCCCCc1ccc(Br)cc1. The molecule has 0 N–H and O–H groups in total. The first-order valence-corrected chi connectivity index (χ1v) is 8.05. The predicted octanol–water partition coefficient (Wildman–Crippen LogP) is 5.73. The Hall–Kier alpha value is 0.180. The summed E-state index contributed by atoms with van der Waals surface area (Å²) in [6.45, 7) is 0. The fraction of sp³-hybridized carbons (Fsp3) is 0.571. The molecule has 0 aromatic heterocycles. The van der Waals surface area contributed by atoms with Gasteiger partial charge in [0.25, 0.3) is 0 Å². The monoisotopic (exact) mass is 346 g/mol. The van der Waals surface area contributed by atoms with Crippen LogP contribution in [0.1, 0.15) is 44.1 Å². The van der Waals surface area contributed by atoms with Crippen LogP contribution in [0.25, 0.3) is 0 Å². The lowest BCUT2D eigenvalue weighted by molar-refractivity contribution is 0.610. The van der Waals surface area contributed by atoms with E-state index in [9.17, 15) is 0 Å². The van der Waals surface area contributed by atoms with Gasteiger partial charge in [-0.25, -0.2) is 0 Å². The largest absolute Gasteiger partial charge is 0.0928 e. The summed E-state index contributed by atoms with van der Waals surface area (Å²) < 4.78 is 1.17. The highest BCUT2D eigenvalue weighted by molar-refractivity contribution is 9.10. The maximum absolute atomic E-state index is 3.46. The standard InChI is InChI=1S/C14H20Br2/c15-12-6-4-2-1-3-5-7-13-8-10-14(16)11-9-13/h8-11H,1-7,12H2. The molecule has 1 aromatic rings. The number of rotatable bonds is 8. The van der Waals surface area contributed by atoms with E-state index in [4.69, 9.17) is 0 Å². The van der Waals surface area contributed by atoms with Gasteiger partial charge in [0.05, 0.1) is 0 Å². The summed E-state index contributed by atoms with van der Waals surface area (Å²) in [6, 6.07) is 8.69. The van der Waals surface area contributed by atoms with Crippen LogP contribution in [0.2, 0.25) is 0 Å². The second-order valence-corrected chi connectivity index (χ2v) is 5.90. The Balaban J connectivity index is 2.01. The third-order valence-corrected chi connectivity index (χ3v) is 3.85. The topological polar surface area (TPSA) is 0 Å². The molecule has 0 bridgehead atoms. The number of unbranched alkanes of at least 4 members (excludes halogenated alkanes) is 5. The molecule has 90 valence electrons. The van der Waals surface area contributed by atoms with Crippen molar-refractivity contribution in [3.8, 4) is 0 Å². The Morgan fingerprint density at radius 3 is 1.94 bits per heavy atom. The minimum atomic E-state index is 1.16. The Morgan fingerprint density at radius 1 is 0.750 bits per heavy atom. The Labute approximate surface area is 116 Å². The van der Waals surface area contributed by atoms with Crippen LogP contribution in [0.3, 0.4) is 0 Å². The van der Waals surface area contributed by atoms with E-state index >= 15 is 0 Å². The average Bonchev–Trinajstić information content (AvgIpc) is 2.30. The first-order chi connectivity index (χ1) is 7.83. The number of aryl methyl sites for hydroxylation is 1. The molecule has 0 amide bonds. The Bertz CT molecular complexity index is 267. The molecule has 0 saturated heterocycles. The summed E-state index contributed by atoms with van der Waals surface area (Å²) in [6.07, 6.45) is 9.42. The van der Waals surface area contributed by atoms with Crippen molar-refractivity contribution in [3.05, 3.63) is 34.3 Å². The van der Waals surface area contributed by atoms with Crippen molar-refractivity contribution in [2.45, 2.75) is 44.9 Å². The van der Waals surface area contributed by atoms with Crippen LogP contribution in [0.4, 0.5) is 0 Å². The van der Waals surface area contributed by atoms with Gasteiger partial charge in [0.15, 0.2) is 0 Å². The summed E-state index contributed by atoms with van der Waals surface area (Å²) in [5.74, 6) is 0. The van der Waals surface area contributed by atoms with Crippen LogP contribution in [0.5, 0.6) is 0 Å². The van der Waals surface area contributed by atoms with E-state index in [-0.39, 0.29) is 0 Å². The maximum Gasteiger partial charge on any atom is 0.0175 e. The lowest BCUT2D eigenvalue weighted by Gasteiger charge is -2.02. The molecule has 0 heterocycles. The van der Waals surface area contributed by atoms with Crippen molar-refractivity contribution in [1.82, 2.24) is 0 Å². The molecule has 2 heteroatoms.